The molecular weight excluding hydrogens is 385 g/mol. The van der Waals surface area contributed by atoms with Gasteiger partial charge in [-0.2, -0.15) is 0 Å². The second-order valence-corrected chi connectivity index (χ2v) is 6.63. The predicted molar refractivity (Wildman–Crippen MR) is 110 cm³/mol. The van der Waals surface area contributed by atoms with Gasteiger partial charge < -0.3 is 10.1 Å². The third kappa shape index (κ3) is 3.77. The van der Waals surface area contributed by atoms with Crippen LogP contribution in [0.5, 0.6) is 5.75 Å². The molecule has 6 nitrogen and oxygen atoms in total. The van der Waals surface area contributed by atoms with Gasteiger partial charge in [0.05, 0.1) is 24.9 Å². The number of rotatable bonds is 6. The Hall–Kier alpha value is -4.00. The first-order valence-corrected chi connectivity index (χ1v) is 9.24. The van der Waals surface area contributed by atoms with Crippen molar-refractivity contribution >= 4 is 23.1 Å². The van der Waals surface area contributed by atoms with E-state index in [1.54, 1.807) is 55.8 Å². The van der Waals surface area contributed by atoms with E-state index in [1.807, 2.05) is 0 Å². The minimum Gasteiger partial charge on any atom is -0.497 e. The number of nitrogens with one attached hydrogen (secondary N) is 1. The van der Waals surface area contributed by atoms with Crippen LogP contribution in [-0.4, -0.2) is 28.8 Å². The van der Waals surface area contributed by atoms with E-state index in [-0.39, 0.29) is 17.8 Å². The molecule has 1 N–H and O–H groups in total. The minimum absolute atomic E-state index is 0.0387. The Bertz CT molecular complexity index is 1110. The van der Waals surface area contributed by atoms with E-state index in [0.717, 1.165) is 4.90 Å². The molecule has 0 aliphatic carbocycles. The molecule has 0 bridgehead atoms. The summed E-state index contributed by atoms with van der Waals surface area (Å²) in [5.41, 5.74) is 1.98. The molecule has 0 radical (unpaired) electrons. The van der Waals surface area contributed by atoms with Crippen molar-refractivity contribution in [2.24, 2.45) is 0 Å². The van der Waals surface area contributed by atoms with E-state index >= 15 is 0 Å². The fourth-order valence-electron chi connectivity index (χ4n) is 3.19. The molecule has 1 aromatic heterocycles. The smallest absolute Gasteiger partial charge is 0.278 e. The summed E-state index contributed by atoms with van der Waals surface area (Å²) in [4.78, 5) is 31.7. The van der Waals surface area contributed by atoms with Crippen molar-refractivity contribution in [3.8, 4) is 5.75 Å². The lowest BCUT2D eigenvalue weighted by molar-refractivity contribution is -0.137. The Labute approximate surface area is 172 Å². The third-order valence-electron chi connectivity index (χ3n) is 4.71. The van der Waals surface area contributed by atoms with Gasteiger partial charge in [0.15, 0.2) is 0 Å². The summed E-state index contributed by atoms with van der Waals surface area (Å²) in [6.07, 6.45) is 1.60. The standard InChI is InChI=1S/C23H18FN3O3/c1-30-19-11-9-17(10-12-19)26-21-20(15-5-7-16(24)8-6-15)22(28)27(23(21)29)14-18-4-2-3-13-25-18/h2-13,26H,14H2,1H3. The van der Waals surface area contributed by atoms with Crippen LogP contribution in [0.2, 0.25) is 0 Å². The van der Waals surface area contributed by atoms with Gasteiger partial charge in [0, 0.05) is 11.9 Å². The maximum Gasteiger partial charge on any atom is 0.278 e. The topological polar surface area (TPSA) is 71.5 Å². The Morgan fingerprint density at radius 3 is 2.33 bits per heavy atom. The van der Waals surface area contributed by atoms with Crippen molar-refractivity contribution in [2.75, 3.05) is 12.4 Å². The molecule has 4 rings (SSSR count). The number of hydrogen-bond acceptors (Lipinski definition) is 5. The van der Waals surface area contributed by atoms with Crippen LogP contribution in [0.1, 0.15) is 11.3 Å². The highest BCUT2D eigenvalue weighted by atomic mass is 19.1. The average Bonchev–Trinajstić information content (AvgIpc) is 3.00. The zero-order chi connectivity index (χ0) is 21.1. The van der Waals surface area contributed by atoms with E-state index in [0.29, 0.717) is 22.7 Å². The first-order chi connectivity index (χ1) is 14.6. The second-order valence-electron chi connectivity index (χ2n) is 6.63. The zero-order valence-electron chi connectivity index (χ0n) is 16.1. The van der Waals surface area contributed by atoms with Gasteiger partial charge in [0.25, 0.3) is 11.8 Å². The number of methoxy groups -OCH3 is 1. The summed E-state index contributed by atoms with van der Waals surface area (Å²) in [5, 5.41) is 3.05. The SMILES string of the molecule is COc1ccc(NC2=C(c3ccc(F)cc3)C(=O)N(Cc3ccccn3)C2=O)cc1. The summed E-state index contributed by atoms with van der Waals surface area (Å²) < 4.78 is 18.6. The highest BCUT2D eigenvalue weighted by Gasteiger charge is 2.39. The zero-order valence-corrected chi connectivity index (χ0v) is 16.1. The molecule has 30 heavy (non-hydrogen) atoms. The largest absolute Gasteiger partial charge is 0.497 e. The molecule has 7 heteroatoms. The van der Waals surface area contributed by atoms with Crippen LogP contribution in [0.4, 0.5) is 10.1 Å². The third-order valence-corrected chi connectivity index (χ3v) is 4.71. The number of nitrogens with zero attached hydrogens (tertiary/aromatic N) is 2. The highest BCUT2D eigenvalue weighted by molar-refractivity contribution is 6.36. The lowest BCUT2D eigenvalue weighted by atomic mass is 10.0. The van der Waals surface area contributed by atoms with Crippen molar-refractivity contribution in [1.82, 2.24) is 9.88 Å². The maximum absolute atomic E-state index is 13.4. The monoisotopic (exact) mass is 403 g/mol. The first kappa shape index (κ1) is 19.3. The Morgan fingerprint density at radius 2 is 1.70 bits per heavy atom. The lowest BCUT2D eigenvalue weighted by Gasteiger charge is -2.14. The van der Waals surface area contributed by atoms with Crippen LogP contribution >= 0.6 is 0 Å². The maximum atomic E-state index is 13.4. The molecule has 0 spiro atoms. The van der Waals surface area contributed by atoms with Crippen LogP contribution in [0, 0.1) is 5.82 Å². The molecule has 2 aromatic carbocycles. The van der Waals surface area contributed by atoms with Crippen LogP contribution in [0.25, 0.3) is 5.57 Å². The van der Waals surface area contributed by atoms with Crippen LogP contribution in [0.15, 0.2) is 78.6 Å². The van der Waals surface area contributed by atoms with E-state index in [4.69, 9.17) is 4.74 Å². The molecule has 2 amide bonds. The van der Waals surface area contributed by atoms with Gasteiger partial charge in [-0.25, -0.2) is 4.39 Å². The van der Waals surface area contributed by atoms with E-state index in [9.17, 15) is 14.0 Å². The number of carbonyl (C=O) groups excluding carboxylic acids is 2. The Balaban J connectivity index is 1.72. The average molecular weight is 403 g/mol. The minimum atomic E-state index is -0.471. The van der Waals surface area contributed by atoms with Gasteiger partial charge in [-0.3, -0.25) is 19.5 Å². The normalized spacial score (nSPS) is 13.7. The van der Waals surface area contributed by atoms with Gasteiger partial charge in [-0.15, -0.1) is 0 Å². The number of hydrogen-bond donors (Lipinski definition) is 1. The molecule has 0 atom stereocenters. The molecule has 0 unspecified atom stereocenters. The van der Waals surface area contributed by atoms with Crippen molar-refractivity contribution in [3.05, 3.63) is 95.7 Å². The Kier molecular flexibility index (Phi) is 5.26. The van der Waals surface area contributed by atoms with Crippen molar-refractivity contribution in [2.45, 2.75) is 6.54 Å². The van der Waals surface area contributed by atoms with Crippen molar-refractivity contribution in [3.63, 3.8) is 0 Å². The highest BCUT2D eigenvalue weighted by Crippen LogP contribution is 2.31. The quantitative estimate of drug-likeness (QED) is 0.637. The number of anilines is 1. The molecular formula is C23H18FN3O3. The fourth-order valence-corrected chi connectivity index (χ4v) is 3.19. The Morgan fingerprint density at radius 1 is 0.967 bits per heavy atom. The van der Waals surface area contributed by atoms with Crippen molar-refractivity contribution < 1.29 is 18.7 Å². The number of ether oxygens (including phenoxy) is 1. The van der Waals surface area contributed by atoms with Crippen LogP contribution in [-0.2, 0) is 16.1 Å². The van der Waals surface area contributed by atoms with Gasteiger partial charge in [-0.05, 0) is 54.1 Å². The van der Waals surface area contributed by atoms with E-state index in [1.165, 1.54) is 24.3 Å². The summed E-state index contributed by atoms with van der Waals surface area (Å²) in [6.45, 7) is 0.0387. The van der Waals surface area contributed by atoms with Crippen LogP contribution < -0.4 is 10.1 Å². The van der Waals surface area contributed by atoms with Crippen LogP contribution in [0.3, 0.4) is 0 Å². The fraction of sp³-hybridized carbons (Fsp3) is 0.0870. The van der Waals surface area contributed by atoms with E-state index in [2.05, 4.69) is 10.3 Å². The molecule has 1 aliphatic rings. The predicted octanol–water partition coefficient (Wildman–Crippen LogP) is 3.62. The van der Waals surface area contributed by atoms with Gasteiger partial charge in [-0.1, -0.05) is 18.2 Å². The number of carbonyl (C=O) groups is 2. The molecule has 0 saturated heterocycles. The summed E-state index contributed by atoms with van der Waals surface area (Å²) in [6, 6.07) is 17.7. The summed E-state index contributed by atoms with van der Waals surface area (Å²) in [7, 11) is 1.56. The lowest BCUT2D eigenvalue weighted by Crippen LogP contribution is -2.32. The molecule has 3 aromatic rings. The number of benzene rings is 2. The number of aromatic nitrogens is 1. The number of pyridine rings is 1. The summed E-state index contributed by atoms with van der Waals surface area (Å²) >= 11 is 0. The van der Waals surface area contributed by atoms with Gasteiger partial charge in [0.1, 0.15) is 17.3 Å². The number of halogens is 1. The number of imide groups is 1. The first-order valence-electron chi connectivity index (χ1n) is 9.24. The number of amides is 2. The summed E-state index contributed by atoms with van der Waals surface area (Å²) in [5.74, 6) is -0.695. The van der Waals surface area contributed by atoms with Crippen molar-refractivity contribution in [1.29, 1.82) is 0 Å². The molecule has 1 aliphatic heterocycles. The van der Waals surface area contributed by atoms with Gasteiger partial charge >= 0.3 is 0 Å². The molecule has 0 fully saturated rings. The van der Waals surface area contributed by atoms with E-state index < -0.39 is 17.6 Å². The molecule has 2 heterocycles. The molecule has 0 saturated carbocycles. The second kappa shape index (κ2) is 8.16. The molecule has 150 valence electrons. The van der Waals surface area contributed by atoms with Gasteiger partial charge in [0.2, 0.25) is 0 Å².